The molecular formula is C22H21BrClN5O5. The Morgan fingerprint density at radius 2 is 2.06 bits per heavy atom. The topological polar surface area (TPSA) is 155 Å². The highest BCUT2D eigenvalue weighted by Crippen LogP contribution is 2.34. The van der Waals surface area contributed by atoms with Crippen LogP contribution >= 0.6 is 27.5 Å². The second-order valence-corrected chi connectivity index (χ2v) is 8.62. The molecule has 0 spiro atoms. The summed E-state index contributed by atoms with van der Waals surface area (Å²) < 4.78 is 0.562. The molecule has 12 heteroatoms. The molecule has 7 N–H and O–H groups in total. The van der Waals surface area contributed by atoms with Gasteiger partial charge in [-0.2, -0.15) is 0 Å². The maximum absolute atomic E-state index is 12.5. The number of nitrogens with one attached hydrogen (secondary N) is 4. The first-order chi connectivity index (χ1) is 16.2. The molecule has 0 bridgehead atoms. The normalized spacial score (nSPS) is 15.8. The van der Waals surface area contributed by atoms with Gasteiger partial charge in [0, 0.05) is 33.9 Å². The van der Waals surface area contributed by atoms with Gasteiger partial charge in [-0.25, -0.2) is 0 Å². The Kier molecular flexibility index (Phi) is 8.22. The van der Waals surface area contributed by atoms with E-state index < -0.39 is 30.5 Å². The van der Waals surface area contributed by atoms with Gasteiger partial charge in [0.05, 0.1) is 24.2 Å². The number of rotatable bonds is 6. The number of benzene rings is 2. The highest BCUT2D eigenvalue weighted by molar-refractivity contribution is 9.10. The zero-order chi connectivity index (χ0) is 24.8. The van der Waals surface area contributed by atoms with Crippen LogP contribution < -0.4 is 21.3 Å². The van der Waals surface area contributed by atoms with Crippen molar-refractivity contribution < 1.29 is 24.9 Å². The lowest BCUT2D eigenvalue weighted by atomic mass is 10.1. The van der Waals surface area contributed by atoms with Gasteiger partial charge in [0.2, 0.25) is 5.91 Å². The lowest BCUT2D eigenvalue weighted by Gasteiger charge is -2.20. The highest BCUT2D eigenvalue weighted by Gasteiger charge is 2.19. The number of aromatic hydroxyl groups is 2. The number of carbonyl (C=O) groups is 2. The van der Waals surface area contributed by atoms with Crippen molar-refractivity contribution in [2.75, 3.05) is 25.0 Å². The van der Waals surface area contributed by atoms with Crippen molar-refractivity contribution in [2.45, 2.75) is 12.1 Å². The van der Waals surface area contributed by atoms with Gasteiger partial charge in [-0.3, -0.25) is 14.6 Å². The van der Waals surface area contributed by atoms with Crippen molar-refractivity contribution >= 4 is 51.0 Å². The molecule has 2 aromatic rings. The van der Waals surface area contributed by atoms with E-state index in [1.807, 2.05) is 0 Å². The fourth-order valence-corrected chi connectivity index (χ4v) is 3.89. The summed E-state index contributed by atoms with van der Waals surface area (Å²) in [5.74, 6) is 1.09. The summed E-state index contributed by atoms with van der Waals surface area (Å²) >= 11 is 9.20. The van der Waals surface area contributed by atoms with Crippen LogP contribution in [0.1, 0.15) is 22.0 Å². The zero-order valence-corrected chi connectivity index (χ0v) is 19.9. The first-order valence-electron chi connectivity index (χ1n) is 9.95. The number of carbonyl (C=O) groups excluding carboxylic acids is 2. The van der Waals surface area contributed by atoms with E-state index in [0.29, 0.717) is 22.7 Å². The molecule has 1 aliphatic heterocycles. The number of halogens is 2. The Labute approximate surface area is 208 Å². The Bertz CT molecular complexity index is 1180. The van der Waals surface area contributed by atoms with E-state index >= 15 is 0 Å². The van der Waals surface area contributed by atoms with Crippen LogP contribution in [0, 0.1) is 12.3 Å². The average molecular weight is 551 g/mol. The number of phenolic OH excluding ortho intramolecular Hbond substituents is 2. The Hall–Kier alpha value is -3.46. The quantitative estimate of drug-likeness (QED) is 0.269. The number of terminal acetylenes is 1. The van der Waals surface area contributed by atoms with Gasteiger partial charge < -0.3 is 36.6 Å². The zero-order valence-electron chi connectivity index (χ0n) is 17.6. The van der Waals surface area contributed by atoms with Gasteiger partial charge in [0.15, 0.2) is 5.96 Å². The molecule has 1 aliphatic rings. The molecule has 10 nitrogen and oxygen atoms in total. The van der Waals surface area contributed by atoms with Crippen molar-refractivity contribution in [3.05, 3.63) is 51.0 Å². The summed E-state index contributed by atoms with van der Waals surface area (Å²) in [6, 6.07) is 6.12. The van der Waals surface area contributed by atoms with E-state index in [-0.39, 0.29) is 34.2 Å². The molecule has 3 rings (SSSR count). The number of aliphatic hydroxyl groups excluding tert-OH is 1. The number of β-amino-alcohol motifs (C(OH)–C–C–N with tert-alkyl or cyclic N) is 1. The standard InChI is InChI=1S/C22H21BrClN5O5/c1-2-18(16-5-12(23)6-17(24)20(16)33)29-19(32)10-25-21(34)11-3-13(7-14(30)4-11)28-22-26-8-15(31)9-27-22/h1,3-7,15,18,30-31,33H,8-10H2,(H,25,34)(H,29,32)(H2,26,27,28)/t18-/m1/s1. The lowest BCUT2D eigenvalue weighted by Crippen LogP contribution is -2.42. The van der Waals surface area contributed by atoms with Gasteiger partial charge in [-0.05, 0) is 24.3 Å². The first-order valence-corrected chi connectivity index (χ1v) is 11.1. The molecule has 0 aromatic heterocycles. The molecule has 2 amide bonds. The van der Waals surface area contributed by atoms with E-state index in [1.54, 1.807) is 0 Å². The predicted molar refractivity (Wildman–Crippen MR) is 131 cm³/mol. The number of nitrogens with zero attached hydrogens (tertiary/aromatic N) is 1. The van der Waals surface area contributed by atoms with Crippen LogP contribution in [0.25, 0.3) is 0 Å². The average Bonchev–Trinajstić information content (AvgIpc) is 2.79. The summed E-state index contributed by atoms with van der Waals surface area (Å²) in [4.78, 5) is 29.0. The molecule has 0 aliphatic carbocycles. The minimum absolute atomic E-state index is 0.0612. The summed E-state index contributed by atoms with van der Waals surface area (Å²) in [6.07, 6.45) is 4.92. The van der Waals surface area contributed by atoms with Crippen molar-refractivity contribution in [3.8, 4) is 23.8 Å². The number of phenols is 2. The molecule has 2 atom stereocenters. The van der Waals surface area contributed by atoms with E-state index in [9.17, 15) is 24.9 Å². The van der Waals surface area contributed by atoms with Crippen LogP contribution in [0.15, 0.2) is 39.8 Å². The number of aliphatic imine (C=N–C) groups is 1. The minimum Gasteiger partial charge on any atom is -0.508 e. The molecule has 2 aromatic carbocycles. The molecule has 0 saturated heterocycles. The lowest BCUT2D eigenvalue weighted by molar-refractivity contribution is -0.120. The van der Waals surface area contributed by atoms with Gasteiger partial charge in [-0.1, -0.05) is 33.5 Å². The van der Waals surface area contributed by atoms with Crippen molar-refractivity contribution in [1.29, 1.82) is 0 Å². The van der Waals surface area contributed by atoms with Crippen molar-refractivity contribution in [3.63, 3.8) is 0 Å². The van der Waals surface area contributed by atoms with Crippen molar-refractivity contribution in [1.82, 2.24) is 16.0 Å². The summed E-state index contributed by atoms with van der Waals surface area (Å²) in [6.45, 7) is 0.124. The number of anilines is 1. The maximum atomic E-state index is 12.5. The highest BCUT2D eigenvalue weighted by atomic mass is 79.9. The number of aliphatic hydroxyl groups is 1. The Balaban J connectivity index is 1.62. The monoisotopic (exact) mass is 549 g/mol. The van der Waals surface area contributed by atoms with Crippen molar-refractivity contribution in [2.24, 2.45) is 4.99 Å². The Morgan fingerprint density at radius 1 is 1.29 bits per heavy atom. The summed E-state index contributed by atoms with van der Waals surface area (Å²) in [5, 5.41) is 40.5. The third-order valence-electron chi connectivity index (χ3n) is 4.66. The van der Waals surface area contributed by atoms with Gasteiger partial charge in [0.25, 0.3) is 5.91 Å². The molecule has 1 heterocycles. The number of guanidine groups is 1. The fourth-order valence-electron chi connectivity index (χ4n) is 3.06. The second kappa shape index (κ2) is 11.1. The van der Waals surface area contributed by atoms with Crippen LogP contribution in [-0.2, 0) is 4.79 Å². The van der Waals surface area contributed by atoms with E-state index in [2.05, 4.69) is 48.1 Å². The molecule has 34 heavy (non-hydrogen) atoms. The van der Waals surface area contributed by atoms with Crippen LogP contribution in [0.4, 0.5) is 5.69 Å². The summed E-state index contributed by atoms with van der Waals surface area (Å²) in [7, 11) is 0. The van der Waals surface area contributed by atoms with E-state index in [0.717, 1.165) is 0 Å². The molecule has 0 fully saturated rings. The van der Waals surface area contributed by atoms with E-state index in [4.69, 9.17) is 18.0 Å². The number of amides is 2. The third kappa shape index (κ3) is 6.54. The van der Waals surface area contributed by atoms with E-state index in [1.165, 1.54) is 30.3 Å². The molecule has 0 radical (unpaired) electrons. The largest absolute Gasteiger partial charge is 0.508 e. The predicted octanol–water partition coefficient (Wildman–Crippen LogP) is 1.47. The summed E-state index contributed by atoms with van der Waals surface area (Å²) in [5.41, 5.74) is 0.695. The smallest absolute Gasteiger partial charge is 0.251 e. The maximum Gasteiger partial charge on any atom is 0.251 e. The van der Waals surface area contributed by atoms with Gasteiger partial charge in [-0.15, -0.1) is 6.42 Å². The van der Waals surface area contributed by atoms with Gasteiger partial charge >= 0.3 is 0 Å². The fraction of sp³-hybridized carbons (Fsp3) is 0.227. The van der Waals surface area contributed by atoms with Crippen LogP contribution in [-0.4, -0.2) is 58.8 Å². The van der Waals surface area contributed by atoms with Crippen LogP contribution in [0.5, 0.6) is 11.5 Å². The SMILES string of the molecule is C#C[C@@H](NC(=O)CNC(=O)c1cc(O)cc(NC2=NCC(O)CN2)c1)c1cc(Br)cc(Cl)c1O. The van der Waals surface area contributed by atoms with Crippen LogP contribution in [0.2, 0.25) is 5.02 Å². The molecule has 1 unspecified atom stereocenters. The van der Waals surface area contributed by atoms with Crippen LogP contribution in [0.3, 0.4) is 0 Å². The molecular weight excluding hydrogens is 530 g/mol. The third-order valence-corrected chi connectivity index (χ3v) is 5.40. The first kappa shape index (κ1) is 25.2. The molecule has 0 saturated carbocycles. The second-order valence-electron chi connectivity index (χ2n) is 7.29. The minimum atomic E-state index is -0.988. The molecule has 178 valence electrons. The number of hydrogen-bond donors (Lipinski definition) is 7. The van der Waals surface area contributed by atoms with Gasteiger partial charge in [0.1, 0.15) is 17.5 Å². The Morgan fingerprint density at radius 3 is 2.74 bits per heavy atom. The number of hydrogen-bond acceptors (Lipinski definition) is 8.